The summed E-state index contributed by atoms with van der Waals surface area (Å²) in [5, 5.41) is 0. The van der Waals surface area contributed by atoms with Gasteiger partial charge in [0.05, 0.1) is 16.8 Å². The molecule has 0 saturated carbocycles. The second-order valence-corrected chi connectivity index (χ2v) is 5.52. The van der Waals surface area contributed by atoms with Crippen LogP contribution in [0.4, 0.5) is 18.9 Å². The average Bonchev–Trinajstić information content (AvgIpc) is 2.75. The molecule has 7 heteroatoms. The monoisotopic (exact) mass is 301 g/mol. The number of rotatable bonds is 2. The number of nitrogens with two attached hydrogens (primary N) is 1. The molecule has 116 valence electrons. The number of anilines is 1. The maximum Gasteiger partial charge on any atom is 0.418 e. The van der Waals surface area contributed by atoms with Gasteiger partial charge in [0.15, 0.2) is 0 Å². The molecule has 1 aliphatic rings. The van der Waals surface area contributed by atoms with Crippen molar-refractivity contribution in [3.05, 3.63) is 29.3 Å². The van der Waals surface area contributed by atoms with E-state index in [0.29, 0.717) is 12.5 Å². The van der Waals surface area contributed by atoms with Crippen molar-refractivity contribution in [3.8, 4) is 0 Å². The molecule has 1 aromatic rings. The van der Waals surface area contributed by atoms with E-state index < -0.39 is 17.6 Å². The minimum atomic E-state index is -4.57. The molecule has 0 aliphatic carbocycles. The largest absolute Gasteiger partial charge is 0.418 e. The Hall–Kier alpha value is -1.76. The van der Waals surface area contributed by atoms with Crippen molar-refractivity contribution in [2.45, 2.75) is 32.5 Å². The van der Waals surface area contributed by atoms with Gasteiger partial charge in [-0.3, -0.25) is 10.6 Å². The first-order valence-electron chi connectivity index (χ1n) is 6.73. The molecule has 2 atom stereocenters. The lowest BCUT2D eigenvalue weighted by Gasteiger charge is -2.24. The van der Waals surface area contributed by atoms with Crippen molar-refractivity contribution in [3.63, 3.8) is 0 Å². The highest BCUT2D eigenvalue weighted by Crippen LogP contribution is 2.37. The second kappa shape index (κ2) is 5.55. The van der Waals surface area contributed by atoms with Gasteiger partial charge in [-0.25, -0.2) is 0 Å². The lowest BCUT2D eigenvalue weighted by atomic mass is 10.1. The normalized spacial score (nSPS) is 22.5. The van der Waals surface area contributed by atoms with E-state index in [0.717, 1.165) is 12.5 Å². The third-order valence-corrected chi connectivity index (χ3v) is 3.79. The average molecular weight is 301 g/mol. The number of amides is 1. The van der Waals surface area contributed by atoms with E-state index in [4.69, 9.17) is 5.84 Å². The summed E-state index contributed by atoms with van der Waals surface area (Å²) in [6.07, 6.45) is -3.72. The molecule has 1 amide bonds. The molecule has 1 aliphatic heterocycles. The summed E-state index contributed by atoms with van der Waals surface area (Å²) in [4.78, 5) is 14.1. The SMILES string of the molecule is CC1CC(C)N(C(=O)c2cccc(C(F)(F)F)c2NN)C1. The maximum absolute atomic E-state index is 13.0. The number of likely N-dealkylation sites (tertiary alicyclic amines) is 1. The number of nitrogens with one attached hydrogen (secondary N) is 1. The molecule has 4 nitrogen and oxygen atoms in total. The molecule has 2 rings (SSSR count). The quantitative estimate of drug-likeness (QED) is 0.652. The first kappa shape index (κ1) is 15.6. The van der Waals surface area contributed by atoms with E-state index in [1.54, 1.807) is 4.90 Å². The Morgan fingerprint density at radius 1 is 1.38 bits per heavy atom. The van der Waals surface area contributed by atoms with Gasteiger partial charge in [0.1, 0.15) is 0 Å². The lowest BCUT2D eigenvalue weighted by Crippen LogP contribution is -2.35. The smallest absolute Gasteiger partial charge is 0.336 e. The fraction of sp³-hybridized carbons (Fsp3) is 0.500. The Morgan fingerprint density at radius 3 is 2.52 bits per heavy atom. The van der Waals surface area contributed by atoms with Crippen LogP contribution >= 0.6 is 0 Å². The third-order valence-electron chi connectivity index (χ3n) is 3.79. The van der Waals surface area contributed by atoms with Gasteiger partial charge in [0, 0.05) is 12.6 Å². The van der Waals surface area contributed by atoms with Gasteiger partial charge in [0.25, 0.3) is 5.91 Å². The van der Waals surface area contributed by atoms with Gasteiger partial charge in [0.2, 0.25) is 0 Å². The second-order valence-electron chi connectivity index (χ2n) is 5.52. The predicted octanol–water partition coefficient (Wildman–Crippen LogP) is 2.86. The summed E-state index contributed by atoms with van der Waals surface area (Å²) in [7, 11) is 0. The van der Waals surface area contributed by atoms with Crippen LogP contribution in [0.25, 0.3) is 0 Å². The summed E-state index contributed by atoms with van der Waals surface area (Å²) in [6, 6.07) is 3.50. The predicted molar refractivity (Wildman–Crippen MR) is 73.5 cm³/mol. The number of hydrogen-bond acceptors (Lipinski definition) is 3. The van der Waals surface area contributed by atoms with E-state index in [9.17, 15) is 18.0 Å². The molecule has 0 aromatic heterocycles. The van der Waals surface area contributed by atoms with E-state index in [-0.39, 0.29) is 17.3 Å². The highest BCUT2D eigenvalue weighted by Gasteiger charge is 2.37. The fourth-order valence-corrected chi connectivity index (χ4v) is 2.86. The highest BCUT2D eigenvalue weighted by atomic mass is 19.4. The van der Waals surface area contributed by atoms with Crippen LogP contribution in [0.5, 0.6) is 0 Å². The molecular weight excluding hydrogens is 283 g/mol. The molecule has 3 N–H and O–H groups in total. The summed E-state index contributed by atoms with van der Waals surface area (Å²) in [6.45, 7) is 4.45. The third kappa shape index (κ3) is 2.97. The van der Waals surface area contributed by atoms with Crippen LogP contribution in [0.15, 0.2) is 18.2 Å². The van der Waals surface area contributed by atoms with Gasteiger partial charge in [-0.2, -0.15) is 13.2 Å². The first-order chi connectivity index (χ1) is 9.75. The number of benzene rings is 1. The summed E-state index contributed by atoms with van der Waals surface area (Å²) in [5.41, 5.74) is 0.678. The van der Waals surface area contributed by atoms with Crippen molar-refractivity contribution < 1.29 is 18.0 Å². The summed E-state index contributed by atoms with van der Waals surface area (Å²) in [5.74, 6) is 5.14. The number of carbonyl (C=O) groups excluding carboxylic acids is 1. The minimum Gasteiger partial charge on any atom is -0.336 e. The molecule has 0 spiro atoms. The van der Waals surface area contributed by atoms with Gasteiger partial charge >= 0.3 is 6.18 Å². The topological polar surface area (TPSA) is 58.4 Å². The van der Waals surface area contributed by atoms with Crippen molar-refractivity contribution in [1.29, 1.82) is 0 Å². The molecule has 0 radical (unpaired) electrons. The van der Waals surface area contributed by atoms with Crippen LogP contribution in [0, 0.1) is 5.92 Å². The Labute approximate surface area is 121 Å². The van der Waals surface area contributed by atoms with Gasteiger partial charge in [-0.05, 0) is 31.4 Å². The van der Waals surface area contributed by atoms with Crippen LogP contribution < -0.4 is 11.3 Å². The van der Waals surface area contributed by atoms with Crippen LogP contribution in [0.3, 0.4) is 0 Å². The molecule has 21 heavy (non-hydrogen) atoms. The zero-order valence-corrected chi connectivity index (χ0v) is 11.9. The number of hydrazine groups is 1. The minimum absolute atomic E-state index is 0.00710. The zero-order valence-electron chi connectivity index (χ0n) is 11.9. The van der Waals surface area contributed by atoms with Gasteiger partial charge in [-0.15, -0.1) is 0 Å². The van der Waals surface area contributed by atoms with E-state index in [2.05, 4.69) is 0 Å². The Kier molecular flexibility index (Phi) is 4.13. The summed E-state index contributed by atoms with van der Waals surface area (Å²) < 4.78 is 38.9. The zero-order chi connectivity index (χ0) is 15.8. The van der Waals surface area contributed by atoms with Crippen LogP contribution in [-0.2, 0) is 6.18 Å². The van der Waals surface area contributed by atoms with E-state index in [1.165, 1.54) is 12.1 Å². The van der Waals surface area contributed by atoms with Crippen molar-refractivity contribution in [1.82, 2.24) is 4.90 Å². The van der Waals surface area contributed by atoms with Crippen LogP contribution in [0.2, 0.25) is 0 Å². The standard InChI is InChI=1S/C14H18F3N3O/c1-8-6-9(2)20(7-8)13(21)10-4-3-5-11(12(10)19-18)14(15,16)17/h3-5,8-9,19H,6-7,18H2,1-2H3. The van der Waals surface area contributed by atoms with Crippen molar-refractivity contribution in [2.24, 2.45) is 11.8 Å². The Morgan fingerprint density at radius 2 is 2.05 bits per heavy atom. The van der Waals surface area contributed by atoms with E-state index in [1.807, 2.05) is 19.3 Å². The Bertz CT molecular complexity index is 545. The number of para-hydroxylation sites is 1. The number of carbonyl (C=O) groups is 1. The number of hydrogen-bond donors (Lipinski definition) is 2. The molecule has 1 saturated heterocycles. The highest BCUT2D eigenvalue weighted by molar-refractivity contribution is 6.00. The number of alkyl halides is 3. The lowest BCUT2D eigenvalue weighted by molar-refractivity contribution is -0.137. The van der Waals surface area contributed by atoms with Crippen LogP contribution in [0.1, 0.15) is 36.2 Å². The molecule has 0 bridgehead atoms. The molecule has 2 unspecified atom stereocenters. The van der Waals surface area contributed by atoms with Gasteiger partial charge in [-0.1, -0.05) is 13.0 Å². The molecule has 1 heterocycles. The van der Waals surface area contributed by atoms with Crippen LogP contribution in [-0.4, -0.2) is 23.4 Å². The Balaban J connectivity index is 2.42. The fourth-order valence-electron chi connectivity index (χ4n) is 2.86. The number of nitrogen functional groups attached to an aromatic ring is 1. The van der Waals surface area contributed by atoms with Gasteiger partial charge < -0.3 is 10.3 Å². The molecule has 1 fully saturated rings. The number of halogens is 3. The molecular formula is C14H18F3N3O. The van der Waals surface area contributed by atoms with Crippen molar-refractivity contribution in [2.75, 3.05) is 12.0 Å². The van der Waals surface area contributed by atoms with E-state index >= 15 is 0 Å². The molecule has 1 aromatic carbocycles. The summed E-state index contributed by atoms with van der Waals surface area (Å²) >= 11 is 0. The maximum atomic E-state index is 13.0. The number of nitrogens with zero attached hydrogens (tertiary/aromatic N) is 1. The first-order valence-corrected chi connectivity index (χ1v) is 6.73. The van der Waals surface area contributed by atoms with Crippen molar-refractivity contribution >= 4 is 11.6 Å².